The molecule has 14 heavy (non-hydrogen) atoms. The van der Waals surface area contributed by atoms with Crippen LogP contribution in [0.3, 0.4) is 0 Å². The molecule has 0 aliphatic carbocycles. The number of aryl methyl sites for hydroxylation is 1. The number of nitrogen functional groups attached to an aromatic ring is 1. The maximum atomic E-state index is 5.78. The maximum absolute atomic E-state index is 5.78. The second-order valence-electron chi connectivity index (χ2n) is 3.77. The van der Waals surface area contributed by atoms with Gasteiger partial charge in [-0.05, 0) is 30.4 Å². The first-order chi connectivity index (χ1) is 6.77. The average Bonchev–Trinajstić information content (AvgIpc) is 2.22. The minimum absolute atomic E-state index is 0.693. The molecular weight excluding hydrogens is 172 g/mol. The van der Waals surface area contributed by atoms with Crippen molar-refractivity contribution >= 4 is 5.82 Å². The zero-order valence-corrected chi connectivity index (χ0v) is 9.16. The van der Waals surface area contributed by atoms with Crippen molar-refractivity contribution in [2.24, 2.45) is 5.92 Å². The largest absolute Gasteiger partial charge is 0.383 e. The van der Waals surface area contributed by atoms with Crippen LogP contribution in [0.2, 0.25) is 0 Å². The lowest BCUT2D eigenvalue weighted by molar-refractivity contribution is 0.456. The van der Waals surface area contributed by atoms with Crippen molar-refractivity contribution in [3.63, 3.8) is 0 Å². The third-order valence-corrected chi connectivity index (χ3v) is 2.90. The molecule has 0 spiro atoms. The van der Waals surface area contributed by atoms with E-state index < -0.39 is 0 Å². The van der Waals surface area contributed by atoms with Gasteiger partial charge in [0.25, 0.3) is 0 Å². The summed E-state index contributed by atoms with van der Waals surface area (Å²) in [5.74, 6) is 1.52. The summed E-state index contributed by atoms with van der Waals surface area (Å²) in [6.45, 7) is 4.50. The first kappa shape index (κ1) is 11.0. The van der Waals surface area contributed by atoms with E-state index in [-0.39, 0.29) is 0 Å². The van der Waals surface area contributed by atoms with Crippen molar-refractivity contribution in [2.75, 3.05) is 5.73 Å². The molecule has 0 aliphatic rings. The average molecular weight is 192 g/mol. The molecule has 2 heteroatoms. The number of nitrogens with two attached hydrogens (primary N) is 1. The van der Waals surface area contributed by atoms with Crippen molar-refractivity contribution in [2.45, 2.75) is 39.5 Å². The Kier molecular flexibility index (Phi) is 4.44. The van der Waals surface area contributed by atoms with E-state index in [0.717, 1.165) is 12.3 Å². The van der Waals surface area contributed by atoms with Crippen molar-refractivity contribution in [3.05, 3.63) is 23.9 Å². The third kappa shape index (κ3) is 3.02. The van der Waals surface area contributed by atoms with E-state index in [1.165, 1.54) is 24.8 Å². The molecule has 2 nitrogen and oxygen atoms in total. The monoisotopic (exact) mass is 192 g/mol. The second kappa shape index (κ2) is 5.63. The van der Waals surface area contributed by atoms with Gasteiger partial charge in [0.15, 0.2) is 0 Å². The van der Waals surface area contributed by atoms with Crippen molar-refractivity contribution in [1.29, 1.82) is 0 Å². The summed E-state index contributed by atoms with van der Waals surface area (Å²) in [4.78, 5) is 4.09. The van der Waals surface area contributed by atoms with Crippen molar-refractivity contribution < 1.29 is 0 Å². The lowest BCUT2D eigenvalue weighted by Crippen LogP contribution is -2.02. The minimum atomic E-state index is 0.693. The molecule has 0 aliphatic heterocycles. The van der Waals surface area contributed by atoms with Gasteiger partial charge in [-0.1, -0.05) is 32.8 Å². The van der Waals surface area contributed by atoms with E-state index in [9.17, 15) is 0 Å². The molecule has 1 rings (SSSR count). The molecule has 0 fully saturated rings. The fourth-order valence-electron chi connectivity index (χ4n) is 1.72. The van der Waals surface area contributed by atoms with E-state index in [1.54, 1.807) is 6.20 Å². The zero-order chi connectivity index (χ0) is 10.4. The number of hydrogen-bond acceptors (Lipinski definition) is 2. The van der Waals surface area contributed by atoms with Crippen LogP contribution >= 0.6 is 0 Å². The Labute approximate surface area is 86.5 Å². The molecule has 0 atom stereocenters. The molecule has 0 radical (unpaired) electrons. The van der Waals surface area contributed by atoms with Crippen LogP contribution in [-0.4, -0.2) is 4.98 Å². The highest BCUT2D eigenvalue weighted by Crippen LogP contribution is 2.18. The summed E-state index contributed by atoms with van der Waals surface area (Å²) in [7, 11) is 0. The first-order valence-corrected chi connectivity index (χ1v) is 5.47. The predicted molar refractivity (Wildman–Crippen MR) is 61.0 cm³/mol. The first-order valence-electron chi connectivity index (χ1n) is 5.47. The van der Waals surface area contributed by atoms with E-state index in [2.05, 4.69) is 24.9 Å². The summed E-state index contributed by atoms with van der Waals surface area (Å²) in [5.41, 5.74) is 6.97. The normalized spacial score (nSPS) is 10.8. The summed E-state index contributed by atoms with van der Waals surface area (Å²) in [6, 6.07) is 4.03. The number of anilines is 1. The van der Waals surface area contributed by atoms with Crippen LogP contribution in [0.5, 0.6) is 0 Å². The highest BCUT2D eigenvalue weighted by atomic mass is 14.8. The van der Waals surface area contributed by atoms with Crippen LogP contribution < -0.4 is 5.73 Å². The molecule has 2 N–H and O–H groups in total. The Bertz CT molecular complexity index is 267. The lowest BCUT2D eigenvalue weighted by atomic mass is 9.95. The summed E-state index contributed by atoms with van der Waals surface area (Å²) in [6.07, 6.45) is 6.55. The Morgan fingerprint density at radius 2 is 2.07 bits per heavy atom. The number of aromatic nitrogens is 1. The Balaban J connectivity index is 2.49. The van der Waals surface area contributed by atoms with Gasteiger partial charge in [-0.2, -0.15) is 0 Å². The molecule has 1 heterocycles. The van der Waals surface area contributed by atoms with E-state index in [4.69, 9.17) is 5.73 Å². The molecule has 78 valence electrons. The van der Waals surface area contributed by atoms with E-state index in [1.807, 2.05) is 6.07 Å². The molecule has 0 aromatic carbocycles. The number of hydrogen-bond donors (Lipinski definition) is 1. The van der Waals surface area contributed by atoms with Crippen molar-refractivity contribution in [3.8, 4) is 0 Å². The van der Waals surface area contributed by atoms with Gasteiger partial charge in [0.2, 0.25) is 0 Å². The third-order valence-electron chi connectivity index (χ3n) is 2.90. The fraction of sp³-hybridized carbons (Fsp3) is 0.583. The van der Waals surface area contributed by atoms with Crippen LogP contribution in [-0.2, 0) is 6.42 Å². The molecule has 0 saturated heterocycles. The van der Waals surface area contributed by atoms with Gasteiger partial charge < -0.3 is 5.73 Å². The highest BCUT2D eigenvalue weighted by Gasteiger charge is 2.05. The molecule has 0 amide bonds. The Morgan fingerprint density at radius 3 is 2.64 bits per heavy atom. The van der Waals surface area contributed by atoms with Crippen LogP contribution in [0.15, 0.2) is 18.3 Å². The van der Waals surface area contributed by atoms with Gasteiger partial charge in [0.1, 0.15) is 5.82 Å². The topological polar surface area (TPSA) is 38.9 Å². The van der Waals surface area contributed by atoms with Gasteiger partial charge in [0, 0.05) is 6.20 Å². The van der Waals surface area contributed by atoms with E-state index in [0.29, 0.717) is 5.82 Å². The molecule has 1 aromatic rings. The smallest absolute Gasteiger partial charge is 0.126 e. The van der Waals surface area contributed by atoms with Gasteiger partial charge in [-0.25, -0.2) is 4.98 Å². The maximum Gasteiger partial charge on any atom is 0.126 e. The SMILES string of the molecule is CCC(CC)CCc1cccnc1N. The summed E-state index contributed by atoms with van der Waals surface area (Å²) < 4.78 is 0. The summed E-state index contributed by atoms with van der Waals surface area (Å²) >= 11 is 0. The summed E-state index contributed by atoms with van der Waals surface area (Å²) in [5, 5.41) is 0. The number of nitrogens with zero attached hydrogens (tertiary/aromatic N) is 1. The standard InChI is InChI=1S/C12H20N2/c1-3-10(4-2)7-8-11-6-5-9-14-12(11)13/h5-6,9-10H,3-4,7-8H2,1-2H3,(H2,13,14). The lowest BCUT2D eigenvalue weighted by Gasteiger charge is -2.12. The minimum Gasteiger partial charge on any atom is -0.383 e. The van der Waals surface area contributed by atoms with Crippen LogP contribution in [0.4, 0.5) is 5.82 Å². The molecule has 0 saturated carbocycles. The van der Waals surface area contributed by atoms with Gasteiger partial charge >= 0.3 is 0 Å². The quantitative estimate of drug-likeness (QED) is 0.778. The van der Waals surface area contributed by atoms with Crippen molar-refractivity contribution in [1.82, 2.24) is 4.98 Å². The van der Waals surface area contributed by atoms with Crippen LogP contribution in [0, 0.1) is 5.92 Å². The van der Waals surface area contributed by atoms with Gasteiger partial charge in [0.05, 0.1) is 0 Å². The van der Waals surface area contributed by atoms with Crippen LogP contribution in [0.25, 0.3) is 0 Å². The van der Waals surface area contributed by atoms with Gasteiger partial charge in [-0.15, -0.1) is 0 Å². The molecule has 0 unspecified atom stereocenters. The molecule has 0 bridgehead atoms. The second-order valence-corrected chi connectivity index (χ2v) is 3.77. The predicted octanol–water partition coefficient (Wildman–Crippen LogP) is 3.03. The highest BCUT2D eigenvalue weighted by molar-refractivity contribution is 5.38. The Morgan fingerprint density at radius 1 is 1.36 bits per heavy atom. The number of pyridine rings is 1. The fourth-order valence-corrected chi connectivity index (χ4v) is 1.72. The van der Waals surface area contributed by atoms with E-state index >= 15 is 0 Å². The van der Waals surface area contributed by atoms with Crippen LogP contribution in [0.1, 0.15) is 38.7 Å². The number of rotatable bonds is 5. The zero-order valence-electron chi connectivity index (χ0n) is 9.16. The Hall–Kier alpha value is -1.05. The van der Waals surface area contributed by atoms with Gasteiger partial charge in [-0.3, -0.25) is 0 Å². The molecular formula is C12H20N2. The molecule has 1 aromatic heterocycles.